The second-order valence-electron chi connectivity index (χ2n) is 7.87. The van der Waals surface area contributed by atoms with E-state index in [2.05, 4.69) is 13.8 Å². The molecule has 0 unspecified atom stereocenters. The number of para-hydroxylation sites is 1. The Balaban J connectivity index is 2.22. The topological polar surface area (TPSA) is 61.6 Å². The summed E-state index contributed by atoms with van der Waals surface area (Å²) < 4.78 is 11.7. The number of nitrogens with two attached hydrogens (primary N) is 1. The van der Waals surface area contributed by atoms with E-state index < -0.39 is 6.29 Å². The van der Waals surface area contributed by atoms with Gasteiger partial charge in [-0.15, -0.1) is 11.8 Å². The van der Waals surface area contributed by atoms with Crippen molar-refractivity contribution in [1.82, 2.24) is 0 Å². The number of ether oxygens (including phenoxy) is 2. The van der Waals surface area contributed by atoms with Crippen LogP contribution in [-0.2, 0) is 14.3 Å². The minimum absolute atomic E-state index is 0.0399. The molecule has 0 saturated carbocycles. The number of carbonyl (C=O) groups is 1. The van der Waals surface area contributed by atoms with Crippen molar-refractivity contribution in [2.24, 2.45) is 17.3 Å². The van der Waals surface area contributed by atoms with E-state index in [4.69, 9.17) is 15.2 Å². The molecule has 0 radical (unpaired) electrons. The van der Waals surface area contributed by atoms with E-state index in [0.29, 0.717) is 0 Å². The van der Waals surface area contributed by atoms with Gasteiger partial charge in [-0.3, -0.25) is 4.79 Å². The lowest BCUT2D eigenvalue weighted by atomic mass is 9.89. The molecule has 5 heteroatoms. The Hall–Kier alpha value is -1.20. The highest BCUT2D eigenvalue weighted by atomic mass is 32.2. The van der Waals surface area contributed by atoms with E-state index >= 15 is 0 Å². The Morgan fingerprint density at radius 2 is 1.83 bits per heavy atom. The van der Waals surface area contributed by atoms with Crippen molar-refractivity contribution in [3.8, 4) is 0 Å². The van der Waals surface area contributed by atoms with Crippen LogP contribution in [0.4, 0.5) is 5.69 Å². The fourth-order valence-corrected chi connectivity index (χ4v) is 4.23. The molecule has 134 valence electrons. The molecule has 1 aliphatic rings. The summed E-state index contributed by atoms with van der Waals surface area (Å²) in [4.78, 5) is 13.7. The Morgan fingerprint density at radius 1 is 1.21 bits per heavy atom. The highest BCUT2D eigenvalue weighted by molar-refractivity contribution is 8.00. The van der Waals surface area contributed by atoms with Crippen LogP contribution >= 0.6 is 11.8 Å². The van der Waals surface area contributed by atoms with Gasteiger partial charge in [0.2, 0.25) is 6.29 Å². The first-order valence-electron chi connectivity index (χ1n) is 8.48. The minimum atomic E-state index is -0.504. The van der Waals surface area contributed by atoms with Crippen molar-refractivity contribution in [2.45, 2.75) is 64.1 Å². The van der Waals surface area contributed by atoms with Gasteiger partial charge in [-0.2, -0.15) is 0 Å². The Kier molecular flexibility index (Phi) is 5.87. The predicted octanol–water partition coefficient (Wildman–Crippen LogP) is 4.34. The number of hydrogen-bond acceptors (Lipinski definition) is 5. The average molecular weight is 352 g/mol. The number of rotatable bonds is 4. The van der Waals surface area contributed by atoms with Crippen molar-refractivity contribution in [3.05, 3.63) is 24.3 Å². The van der Waals surface area contributed by atoms with Crippen molar-refractivity contribution in [3.63, 3.8) is 0 Å². The van der Waals surface area contributed by atoms with E-state index in [-0.39, 0.29) is 34.6 Å². The van der Waals surface area contributed by atoms with E-state index in [0.717, 1.165) is 10.6 Å². The number of esters is 1. The largest absolute Gasteiger partial charge is 0.435 e. The maximum absolute atomic E-state index is 12.7. The standard InChI is InChI=1S/C19H29NO3S/c1-11(2)16(24-14-10-8-7-9-13(14)20)15-12(3)22-18(19(4,5)6)23-17(15)21/h7-12,15-16,18H,20H2,1-6H3/t12-,15+,16+,18-/m1/s1. The number of carbonyl (C=O) groups excluding carboxylic acids is 1. The molecule has 0 amide bonds. The number of cyclic esters (lactones) is 1. The molecule has 4 nitrogen and oxygen atoms in total. The third-order valence-corrected chi connectivity index (χ3v) is 5.97. The molecule has 4 atom stereocenters. The molecule has 0 aromatic heterocycles. The van der Waals surface area contributed by atoms with Crippen molar-refractivity contribution in [2.75, 3.05) is 5.73 Å². The lowest BCUT2D eigenvalue weighted by Crippen LogP contribution is -2.51. The van der Waals surface area contributed by atoms with E-state index in [1.54, 1.807) is 11.8 Å². The summed E-state index contributed by atoms with van der Waals surface area (Å²) in [5, 5.41) is 0.0399. The van der Waals surface area contributed by atoms with Gasteiger partial charge < -0.3 is 15.2 Å². The Labute approximate surface area is 149 Å². The van der Waals surface area contributed by atoms with Crippen LogP contribution in [-0.4, -0.2) is 23.6 Å². The highest BCUT2D eigenvalue weighted by Gasteiger charge is 2.46. The summed E-state index contributed by atoms with van der Waals surface area (Å²) in [6.07, 6.45) is -0.698. The van der Waals surface area contributed by atoms with Gasteiger partial charge in [-0.25, -0.2) is 0 Å². The zero-order chi connectivity index (χ0) is 18.1. The molecule has 2 N–H and O–H groups in total. The zero-order valence-corrected chi connectivity index (χ0v) is 16.2. The SMILES string of the molecule is CC(C)[C@H](Sc1ccccc1N)[C@H]1C(=O)O[C@H](C(C)(C)C)O[C@@H]1C. The monoisotopic (exact) mass is 351 g/mol. The molecular formula is C19H29NO3S. The number of thioether (sulfide) groups is 1. The van der Waals surface area contributed by atoms with Gasteiger partial charge in [0.25, 0.3) is 0 Å². The van der Waals surface area contributed by atoms with Crippen molar-refractivity contribution >= 4 is 23.4 Å². The second kappa shape index (κ2) is 7.36. The van der Waals surface area contributed by atoms with Crippen LogP contribution < -0.4 is 5.73 Å². The maximum atomic E-state index is 12.7. The minimum Gasteiger partial charge on any atom is -0.435 e. The van der Waals surface area contributed by atoms with Crippen LogP contribution in [0.1, 0.15) is 41.5 Å². The summed E-state index contributed by atoms with van der Waals surface area (Å²) in [6, 6.07) is 7.75. The zero-order valence-electron chi connectivity index (χ0n) is 15.4. The summed E-state index contributed by atoms with van der Waals surface area (Å²) >= 11 is 1.64. The van der Waals surface area contributed by atoms with Gasteiger partial charge in [0.05, 0.1) is 12.0 Å². The van der Waals surface area contributed by atoms with Gasteiger partial charge in [-0.05, 0) is 25.0 Å². The molecule has 1 aromatic rings. The fourth-order valence-electron chi connectivity index (χ4n) is 2.82. The van der Waals surface area contributed by atoms with Gasteiger partial charge >= 0.3 is 5.97 Å². The summed E-state index contributed by atoms with van der Waals surface area (Å²) in [5.41, 5.74) is 6.58. The van der Waals surface area contributed by atoms with Crippen LogP contribution in [0.25, 0.3) is 0 Å². The van der Waals surface area contributed by atoms with E-state index in [1.807, 2.05) is 52.0 Å². The third-order valence-electron chi connectivity index (χ3n) is 4.24. The summed E-state index contributed by atoms with van der Waals surface area (Å²) in [6.45, 7) is 12.2. The molecule has 0 spiro atoms. The van der Waals surface area contributed by atoms with Gasteiger partial charge in [0.15, 0.2) is 0 Å². The molecule has 1 aliphatic heterocycles. The Morgan fingerprint density at radius 3 is 2.33 bits per heavy atom. The van der Waals surface area contributed by atoms with Crippen LogP contribution in [0.3, 0.4) is 0 Å². The molecule has 1 aromatic carbocycles. The van der Waals surface area contributed by atoms with E-state index in [9.17, 15) is 4.79 Å². The fraction of sp³-hybridized carbons (Fsp3) is 0.632. The molecular weight excluding hydrogens is 322 g/mol. The predicted molar refractivity (Wildman–Crippen MR) is 98.7 cm³/mol. The molecule has 0 bridgehead atoms. The van der Waals surface area contributed by atoms with Crippen molar-refractivity contribution < 1.29 is 14.3 Å². The number of hydrogen-bond donors (Lipinski definition) is 1. The highest BCUT2D eigenvalue weighted by Crippen LogP contribution is 2.41. The summed E-state index contributed by atoms with van der Waals surface area (Å²) in [5.74, 6) is -0.202. The normalized spacial score (nSPS) is 26.3. The van der Waals surface area contributed by atoms with Crippen LogP contribution in [0.2, 0.25) is 0 Å². The van der Waals surface area contributed by atoms with Crippen LogP contribution in [0.15, 0.2) is 29.2 Å². The van der Waals surface area contributed by atoms with Gasteiger partial charge in [-0.1, -0.05) is 46.8 Å². The first-order chi connectivity index (χ1) is 11.1. The van der Waals surface area contributed by atoms with Gasteiger partial charge in [0, 0.05) is 21.2 Å². The van der Waals surface area contributed by atoms with Crippen LogP contribution in [0.5, 0.6) is 0 Å². The number of benzene rings is 1. The molecule has 2 rings (SSSR count). The molecule has 1 heterocycles. The maximum Gasteiger partial charge on any atom is 0.315 e. The Bertz CT molecular complexity index is 582. The molecule has 0 aliphatic carbocycles. The van der Waals surface area contributed by atoms with Crippen LogP contribution in [0, 0.1) is 17.3 Å². The first-order valence-corrected chi connectivity index (χ1v) is 9.36. The van der Waals surface area contributed by atoms with E-state index in [1.165, 1.54) is 0 Å². The second-order valence-corrected chi connectivity index (χ2v) is 9.09. The number of nitrogen functional groups attached to an aromatic ring is 1. The lowest BCUT2D eigenvalue weighted by molar-refractivity contribution is -0.254. The molecule has 1 fully saturated rings. The number of anilines is 1. The quantitative estimate of drug-likeness (QED) is 0.497. The lowest BCUT2D eigenvalue weighted by Gasteiger charge is -2.42. The van der Waals surface area contributed by atoms with Crippen molar-refractivity contribution in [1.29, 1.82) is 0 Å². The average Bonchev–Trinajstić information content (AvgIpc) is 2.46. The van der Waals surface area contributed by atoms with Gasteiger partial charge in [0.1, 0.15) is 0 Å². The first kappa shape index (κ1) is 19.1. The summed E-state index contributed by atoms with van der Waals surface area (Å²) in [7, 11) is 0. The third kappa shape index (κ3) is 4.25. The molecule has 24 heavy (non-hydrogen) atoms. The molecule has 1 saturated heterocycles. The smallest absolute Gasteiger partial charge is 0.315 e.